The van der Waals surface area contributed by atoms with E-state index >= 15 is 0 Å². The fourth-order valence-corrected chi connectivity index (χ4v) is 3.12. The summed E-state index contributed by atoms with van der Waals surface area (Å²) in [5.41, 5.74) is 0.700. The highest BCUT2D eigenvalue weighted by molar-refractivity contribution is 7.93. The molecule has 7 nitrogen and oxygen atoms in total. The topological polar surface area (TPSA) is 116 Å². The maximum absolute atomic E-state index is 13.0. The van der Waals surface area contributed by atoms with Crippen LogP contribution in [0, 0.1) is 11.5 Å². The summed E-state index contributed by atoms with van der Waals surface area (Å²) < 4.78 is 53.1. The van der Waals surface area contributed by atoms with Gasteiger partial charge < -0.3 is 5.11 Å². The van der Waals surface area contributed by atoms with Crippen LogP contribution in [0.2, 0.25) is 0 Å². The Morgan fingerprint density at radius 3 is 2.34 bits per heavy atom. The normalized spacial score (nSPS) is 14.7. The van der Waals surface area contributed by atoms with E-state index in [1.807, 2.05) is 0 Å². The van der Waals surface area contributed by atoms with Crippen molar-refractivity contribution < 1.29 is 27.3 Å². The number of hydrogen-bond donors (Lipinski definition) is 1. The zero-order chi connectivity index (χ0) is 21.6. The highest BCUT2D eigenvalue weighted by atomic mass is 32.2. The van der Waals surface area contributed by atoms with E-state index in [-0.39, 0.29) is 10.6 Å². The third kappa shape index (κ3) is 5.46. The Bertz CT molecular complexity index is 1070. The van der Waals surface area contributed by atoms with Crippen molar-refractivity contribution in [2.45, 2.75) is 17.6 Å². The monoisotopic (exact) mass is 424 g/mol. The smallest absolute Gasteiger partial charge is 0.317 e. The molecular weight excluding hydrogens is 409 g/mol. The molecule has 0 radical (unpaired) electrons. The molecule has 1 aromatic carbocycles. The van der Waals surface area contributed by atoms with E-state index in [2.05, 4.69) is 14.3 Å². The molecule has 11 heteroatoms. The van der Waals surface area contributed by atoms with E-state index in [9.17, 15) is 27.3 Å². The summed E-state index contributed by atoms with van der Waals surface area (Å²) in [4.78, 5) is 17.9. The summed E-state index contributed by atoms with van der Waals surface area (Å²) in [6.07, 6.45) is -0.846. The number of carbonyl (C=O) groups excluding carboxylic acids is 1. The number of nitriles is 1. The molecule has 0 bridgehead atoms. The third-order valence-corrected chi connectivity index (χ3v) is 5.24. The lowest BCUT2D eigenvalue weighted by Crippen LogP contribution is -2.18. The Morgan fingerprint density at radius 1 is 1.24 bits per heavy atom. The fraction of sp³-hybridized carbons (Fsp3) is 0.222. The van der Waals surface area contributed by atoms with Gasteiger partial charge >= 0.3 is 12.3 Å². The minimum absolute atomic E-state index is 0.141. The molecule has 1 amide bonds. The minimum Gasteiger partial charge on any atom is -0.382 e. The van der Waals surface area contributed by atoms with Crippen LogP contribution in [0.3, 0.4) is 0 Å². The van der Waals surface area contributed by atoms with Gasteiger partial charge in [-0.1, -0.05) is 30.3 Å². The van der Waals surface area contributed by atoms with E-state index in [1.165, 1.54) is 36.8 Å². The van der Waals surface area contributed by atoms with Crippen molar-refractivity contribution in [3.8, 4) is 17.3 Å². The van der Waals surface area contributed by atoms with E-state index in [0.717, 1.165) is 0 Å². The van der Waals surface area contributed by atoms with E-state index in [0.29, 0.717) is 11.1 Å². The second-order valence-corrected chi connectivity index (χ2v) is 7.99. The van der Waals surface area contributed by atoms with Crippen LogP contribution in [-0.2, 0) is 14.5 Å². The van der Waals surface area contributed by atoms with Gasteiger partial charge in [0.25, 0.3) is 0 Å². The first-order chi connectivity index (χ1) is 13.7. The molecular formula is C18H15F3N4O3S. The fourth-order valence-electron chi connectivity index (χ4n) is 2.30. The Balaban J connectivity index is 2.26. The molecule has 1 N–H and O–H groups in total. The van der Waals surface area contributed by atoms with Gasteiger partial charge in [-0.25, -0.2) is 18.6 Å². The average Bonchev–Trinajstić information content (AvgIpc) is 2.71. The lowest BCUT2D eigenvalue weighted by atomic mass is 10.0. The number of benzene rings is 1. The number of alkyl halides is 3. The molecule has 152 valence electrons. The number of nitrogens with zero attached hydrogens (tertiary/aromatic N) is 4. The molecule has 29 heavy (non-hydrogen) atoms. The SMILES string of the molecule is CS(=O)(=NC#N)c1ccc(-c2ccc([C@@H](O)C(CF)=NC(=O)C(F)F)cc2)cn1. The highest BCUT2D eigenvalue weighted by Gasteiger charge is 2.21. The van der Waals surface area contributed by atoms with Crippen molar-refractivity contribution in [1.29, 1.82) is 5.26 Å². The summed E-state index contributed by atoms with van der Waals surface area (Å²) in [5.74, 6) is -1.82. The van der Waals surface area contributed by atoms with Gasteiger partial charge in [-0.3, -0.25) is 4.79 Å². The van der Waals surface area contributed by atoms with Crippen LogP contribution in [0.15, 0.2) is 57.0 Å². The second kappa shape index (κ2) is 9.40. The maximum Gasteiger partial charge on any atom is 0.317 e. The summed E-state index contributed by atoms with van der Waals surface area (Å²) in [6.45, 7) is -1.36. The number of hydrogen-bond acceptors (Lipinski definition) is 6. The predicted octanol–water partition coefficient (Wildman–Crippen LogP) is 2.92. The Morgan fingerprint density at radius 2 is 1.86 bits per heavy atom. The van der Waals surface area contributed by atoms with Crippen molar-refractivity contribution in [2.24, 2.45) is 9.36 Å². The van der Waals surface area contributed by atoms with Gasteiger partial charge in [0.1, 0.15) is 27.5 Å². The minimum atomic E-state index is -3.39. The third-order valence-electron chi connectivity index (χ3n) is 3.79. The molecule has 0 aliphatic carbocycles. The quantitative estimate of drug-likeness (QED) is 0.565. The Kier molecular flexibility index (Phi) is 7.19. The van der Waals surface area contributed by atoms with Crippen molar-refractivity contribution in [1.82, 2.24) is 4.98 Å². The van der Waals surface area contributed by atoms with Crippen LogP contribution in [0.1, 0.15) is 11.7 Å². The van der Waals surface area contributed by atoms with Crippen molar-refractivity contribution in [2.75, 3.05) is 12.9 Å². The average molecular weight is 424 g/mol. The molecule has 0 fully saturated rings. The van der Waals surface area contributed by atoms with Gasteiger partial charge in [0.2, 0.25) is 6.19 Å². The predicted molar refractivity (Wildman–Crippen MR) is 99.4 cm³/mol. The van der Waals surface area contributed by atoms with Crippen molar-refractivity contribution in [3.05, 3.63) is 48.2 Å². The molecule has 0 spiro atoms. The van der Waals surface area contributed by atoms with Gasteiger partial charge in [0, 0.05) is 18.0 Å². The first kappa shape index (κ1) is 22.2. The Labute approximate surface area is 164 Å². The molecule has 0 saturated carbocycles. The first-order valence-corrected chi connectivity index (χ1v) is 9.92. The number of rotatable bonds is 6. The number of amides is 1. The van der Waals surface area contributed by atoms with Gasteiger partial charge in [-0.15, -0.1) is 4.36 Å². The zero-order valence-electron chi connectivity index (χ0n) is 15.0. The first-order valence-electron chi connectivity index (χ1n) is 7.99. The van der Waals surface area contributed by atoms with Gasteiger partial charge in [-0.05, 0) is 17.2 Å². The molecule has 1 heterocycles. The summed E-state index contributed by atoms with van der Waals surface area (Å²) >= 11 is 0. The number of aliphatic hydroxyl groups excluding tert-OH is 1. The van der Waals surface area contributed by atoms with E-state index in [1.54, 1.807) is 18.2 Å². The van der Waals surface area contributed by atoms with Crippen molar-refractivity contribution >= 4 is 21.3 Å². The molecule has 0 aliphatic rings. The van der Waals surface area contributed by atoms with Crippen molar-refractivity contribution in [3.63, 3.8) is 0 Å². The lowest BCUT2D eigenvalue weighted by Gasteiger charge is -2.12. The molecule has 2 rings (SSSR count). The van der Waals surface area contributed by atoms with E-state index in [4.69, 9.17) is 5.26 Å². The standard InChI is InChI=1S/C18H15F3N4O3S/c1-29(28,24-10-22)15-7-6-13(9-23-15)11-2-4-12(5-3-11)16(26)14(8-19)25-18(27)17(20)21/h2-7,9,16-17,26H,8H2,1H3/t16-,29?/m1/s1. The largest absolute Gasteiger partial charge is 0.382 e. The molecule has 1 aromatic heterocycles. The van der Waals surface area contributed by atoms with Crippen LogP contribution in [0.4, 0.5) is 13.2 Å². The lowest BCUT2D eigenvalue weighted by molar-refractivity contribution is -0.128. The van der Waals surface area contributed by atoms with Crippen LogP contribution < -0.4 is 0 Å². The van der Waals surface area contributed by atoms with Gasteiger partial charge in [0.05, 0.1) is 5.71 Å². The molecule has 0 aliphatic heterocycles. The zero-order valence-corrected chi connectivity index (χ0v) is 15.8. The number of halogens is 3. The van der Waals surface area contributed by atoms with Gasteiger partial charge in [-0.2, -0.15) is 14.0 Å². The maximum atomic E-state index is 13.0. The summed E-state index contributed by atoms with van der Waals surface area (Å²) in [6, 6.07) is 9.02. The van der Waals surface area contributed by atoms with Crippen LogP contribution in [0.25, 0.3) is 11.1 Å². The van der Waals surface area contributed by atoms with E-state index < -0.39 is 40.6 Å². The Hall–Kier alpha value is -3.10. The van der Waals surface area contributed by atoms with Crippen LogP contribution in [-0.4, -0.2) is 45.3 Å². The number of carbonyl (C=O) groups is 1. The molecule has 1 unspecified atom stereocenters. The number of aliphatic imine (C=N–C) groups is 1. The number of aliphatic hydroxyl groups is 1. The van der Waals surface area contributed by atoms with Gasteiger partial charge in [0.15, 0.2) is 0 Å². The van der Waals surface area contributed by atoms with Crippen LogP contribution >= 0.6 is 0 Å². The number of pyridine rings is 1. The molecule has 0 saturated heterocycles. The number of aromatic nitrogens is 1. The summed E-state index contributed by atoms with van der Waals surface area (Å²) in [7, 11) is -2.92. The molecule has 2 atom stereocenters. The van der Waals surface area contributed by atoms with Crippen LogP contribution in [0.5, 0.6) is 0 Å². The highest BCUT2D eigenvalue weighted by Crippen LogP contribution is 2.23. The summed E-state index contributed by atoms with van der Waals surface area (Å²) in [5, 5.41) is 18.8. The second-order valence-electron chi connectivity index (χ2n) is 5.78. The molecule has 2 aromatic rings.